The summed E-state index contributed by atoms with van der Waals surface area (Å²) in [7, 11) is 0. The molecule has 3 N–H and O–H groups in total. The SMILES string of the molecule is NCC1CC1c1[nH]ncc1Br. The van der Waals surface area contributed by atoms with Crippen LogP contribution in [-0.4, -0.2) is 16.7 Å². The second-order valence-corrected chi connectivity index (χ2v) is 3.82. The molecule has 1 aliphatic rings. The summed E-state index contributed by atoms with van der Waals surface area (Å²) in [5, 5.41) is 6.92. The zero-order valence-electron chi connectivity index (χ0n) is 6.05. The normalized spacial score (nSPS) is 28.9. The highest BCUT2D eigenvalue weighted by atomic mass is 79.9. The second kappa shape index (κ2) is 2.60. The van der Waals surface area contributed by atoms with Gasteiger partial charge in [0.2, 0.25) is 0 Å². The first-order chi connectivity index (χ1) is 5.33. The summed E-state index contributed by atoms with van der Waals surface area (Å²) in [6.45, 7) is 0.788. The third kappa shape index (κ3) is 1.20. The van der Waals surface area contributed by atoms with Crippen LogP contribution in [0.4, 0.5) is 0 Å². The first-order valence-electron chi connectivity index (χ1n) is 3.71. The van der Waals surface area contributed by atoms with Crippen LogP contribution in [0, 0.1) is 5.92 Å². The van der Waals surface area contributed by atoms with E-state index in [0.29, 0.717) is 11.8 Å². The summed E-state index contributed by atoms with van der Waals surface area (Å²) in [6, 6.07) is 0. The minimum absolute atomic E-state index is 0.622. The number of aromatic amines is 1. The van der Waals surface area contributed by atoms with Crippen molar-refractivity contribution in [1.29, 1.82) is 0 Å². The molecule has 0 spiro atoms. The number of rotatable bonds is 2. The molecule has 0 aliphatic heterocycles. The van der Waals surface area contributed by atoms with Gasteiger partial charge in [0.1, 0.15) is 0 Å². The largest absolute Gasteiger partial charge is 0.330 e. The molecular formula is C7H10BrN3. The van der Waals surface area contributed by atoms with Crippen LogP contribution in [0.25, 0.3) is 0 Å². The molecule has 2 unspecified atom stereocenters. The fourth-order valence-electron chi connectivity index (χ4n) is 1.40. The van der Waals surface area contributed by atoms with Crippen LogP contribution < -0.4 is 5.73 Å². The van der Waals surface area contributed by atoms with Gasteiger partial charge in [-0.25, -0.2) is 0 Å². The summed E-state index contributed by atoms with van der Waals surface area (Å²) >= 11 is 3.43. The van der Waals surface area contributed by atoms with Gasteiger partial charge in [-0.3, -0.25) is 5.10 Å². The second-order valence-electron chi connectivity index (χ2n) is 2.97. The van der Waals surface area contributed by atoms with Gasteiger partial charge in [-0.1, -0.05) is 0 Å². The molecule has 0 radical (unpaired) electrons. The van der Waals surface area contributed by atoms with Crippen LogP contribution in [0.1, 0.15) is 18.0 Å². The highest BCUT2D eigenvalue weighted by Crippen LogP contribution is 2.47. The number of aromatic nitrogens is 2. The molecule has 3 nitrogen and oxygen atoms in total. The van der Waals surface area contributed by atoms with Crippen LogP contribution in [0.3, 0.4) is 0 Å². The smallest absolute Gasteiger partial charge is 0.0632 e. The highest BCUT2D eigenvalue weighted by Gasteiger charge is 2.39. The van der Waals surface area contributed by atoms with E-state index in [1.54, 1.807) is 6.20 Å². The highest BCUT2D eigenvalue weighted by molar-refractivity contribution is 9.10. The van der Waals surface area contributed by atoms with Crippen molar-refractivity contribution in [3.8, 4) is 0 Å². The predicted octanol–water partition coefficient (Wildman–Crippen LogP) is 1.23. The Bertz CT molecular complexity index is 258. The van der Waals surface area contributed by atoms with Crippen molar-refractivity contribution in [3.63, 3.8) is 0 Å². The minimum atomic E-state index is 0.622. The van der Waals surface area contributed by atoms with Crippen molar-refractivity contribution >= 4 is 15.9 Å². The lowest BCUT2D eigenvalue weighted by Gasteiger charge is -1.93. The zero-order valence-corrected chi connectivity index (χ0v) is 7.63. The van der Waals surface area contributed by atoms with Crippen molar-refractivity contribution in [2.75, 3.05) is 6.54 Å². The monoisotopic (exact) mass is 215 g/mol. The molecule has 2 rings (SSSR count). The first-order valence-corrected chi connectivity index (χ1v) is 4.51. The topological polar surface area (TPSA) is 54.7 Å². The Morgan fingerprint density at radius 1 is 1.82 bits per heavy atom. The van der Waals surface area contributed by atoms with Crippen LogP contribution >= 0.6 is 15.9 Å². The third-order valence-electron chi connectivity index (χ3n) is 2.22. The Morgan fingerprint density at radius 2 is 2.64 bits per heavy atom. The molecular weight excluding hydrogens is 206 g/mol. The number of hydrogen-bond acceptors (Lipinski definition) is 2. The lowest BCUT2D eigenvalue weighted by Crippen LogP contribution is -2.02. The van der Waals surface area contributed by atoms with Gasteiger partial charge in [0.05, 0.1) is 16.4 Å². The maximum Gasteiger partial charge on any atom is 0.0632 e. The average Bonchev–Trinajstić information content (AvgIpc) is 2.68. The lowest BCUT2D eigenvalue weighted by atomic mass is 10.2. The number of nitrogens with zero attached hydrogens (tertiary/aromatic N) is 1. The van der Waals surface area contributed by atoms with Gasteiger partial charge in [-0.05, 0) is 34.8 Å². The molecule has 11 heavy (non-hydrogen) atoms. The summed E-state index contributed by atoms with van der Waals surface area (Å²) < 4.78 is 1.08. The Morgan fingerprint density at radius 3 is 3.09 bits per heavy atom. The van der Waals surface area contributed by atoms with Crippen molar-refractivity contribution in [2.45, 2.75) is 12.3 Å². The van der Waals surface area contributed by atoms with E-state index in [9.17, 15) is 0 Å². The molecule has 60 valence electrons. The van der Waals surface area contributed by atoms with Gasteiger partial charge in [0.15, 0.2) is 0 Å². The van der Waals surface area contributed by atoms with E-state index in [4.69, 9.17) is 5.73 Å². The molecule has 1 saturated carbocycles. The van der Waals surface area contributed by atoms with Gasteiger partial charge in [0, 0.05) is 5.92 Å². The number of hydrogen-bond donors (Lipinski definition) is 2. The van der Waals surface area contributed by atoms with E-state index in [1.807, 2.05) is 0 Å². The van der Waals surface area contributed by atoms with E-state index < -0.39 is 0 Å². The Kier molecular flexibility index (Phi) is 1.73. The van der Waals surface area contributed by atoms with Crippen LogP contribution in [0.5, 0.6) is 0 Å². The van der Waals surface area contributed by atoms with E-state index in [1.165, 1.54) is 12.1 Å². The summed E-state index contributed by atoms with van der Waals surface area (Å²) in [5.41, 5.74) is 6.74. The average molecular weight is 216 g/mol. The van der Waals surface area contributed by atoms with Crippen molar-refractivity contribution in [3.05, 3.63) is 16.4 Å². The number of H-pyrrole nitrogens is 1. The van der Waals surface area contributed by atoms with Gasteiger partial charge in [-0.2, -0.15) is 5.10 Å². The molecule has 4 heteroatoms. The summed E-state index contributed by atoms with van der Waals surface area (Å²) in [6.07, 6.45) is 3.00. The molecule has 1 aromatic heterocycles. The van der Waals surface area contributed by atoms with Gasteiger partial charge >= 0.3 is 0 Å². The van der Waals surface area contributed by atoms with Gasteiger partial charge < -0.3 is 5.73 Å². The molecule has 0 amide bonds. The van der Waals surface area contributed by atoms with Crippen molar-refractivity contribution < 1.29 is 0 Å². The Labute approximate surface area is 73.5 Å². The maximum atomic E-state index is 5.53. The minimum Gasteiger partial charge on any atom is -0.330 e. The van der Waals surface area contributed by atoms with E-state index >= 15 is 0 Å². The standard InChI is InChI=1S/C7H10BrN3/c8-6-3-10-11-7(6)5-1-4(5)2-9/h3-5H,1-2,9H2,(H,10,11). The fourth-order valence-corrected chi connectivity index (χ4v) is 1.89. The van der Waals surface area contributed by atoms with E-state index in [0.717, 1.165) is 11.0 Å². The molecule has 0 aromatic carbocycles. The molecule has 0 bridgehead atoms. The zero-order chi connectivity index (χ0) is 7.84. The molecule has 0 saturated heterocycles. The molecule has 1 heterocycles. The summed E-state index contributed by atoms with van der Waals surface area (Å²) in [4.78, 5) is 0. The Balaban J connectivity index is 2.14. The molecule has 1 aliphatic carbocycles. The van der Waals surface area contributed by atoms with Crippen molar-refractivity contribution in [1.82, 2.24) is 10.2 Å². The third-order valence-corrected chi connectivity index (χ3v) is 2.85. The van der Waals surface area contributed by atoms with Crippen LogP contribution in [0.15, 0.2) is 10.7 Å². The van der Waals surface area contributed by atoms with Gasteiger partial charge in [-0.15, -0.1) is 0 Å². The van der Waals surface area contributed by atoms with Gasteiger partial charge in [0.25, 0.3) is 0 Å². The number of nitrogens with one attached hydrogen (secondary N) is 1. The molecule has 1 aromatic rings. The van der Waals surface area contributed by atoms with E-state index in [-0.39, 0.29) is 0 Å². The predicted molar refractivity (Wildman–Crippen MR) is 46.2 cm³/mol. The number of nitrogens with two attached hydrogens (primary N) is 1. The quantitative estimate of drug-likeness (QED) is 0.781. The first kappa shape index (κ1) is 7.31. The lowest BCUT2D eigenvalue weighted by molar-refractivity contribution is 0.791. The summed E-state index contributed by atoms with van der Waals surface area (Å²) in [5.74, 6) is 1.30. The fraction of sp³-hybridized carbons (Fsp3) is 0.571. The van der Waals surface area contributed by atoms with Crippen LogP contribution in [-0.2, 0) is 0 Å². The van der Waals surface area contributed by atoms with E-state index in [2.05, 4.69) is 26.1 Å². The maximum absolute atomic E-state index is 5.53. The van der Waals surface area contributed by atoms with Crippen LogP contribution in [0.2, 0.25) is 0 Å². The molecule has 2 atom stereocenters. The number of halogens is 1. The molecule has 1 fully saturated rings. The van der Waals surface area contributed by atoms with Crippen molar-refractivity contribution in [2.24, 2.45) is 11.7 Å². The Hall–Kier alpha value is -0.350.